The first-order valence-corrected chi connectivity index (χ1v) is 5.35. The number of hydroxylamine groups is 1. The van der Waals surface area contributed by atoms with E-state index in [-0.39, 0.29) is 6.04 Å². The van der Waals surface area contributed by atoms with Gasteiger partial charge in [0.2, 0.25) is 0 Å². The van der Waals surface area contributed by atoms with Crippen molar-refractivity contribution in [2.75, 3.05) is 10.4 Å². The summed E-state index contributed by atoms with van der Waals surface area (Å²) in [7, 11) is 0. The summed E-state index contributed by atoms with van der Waals surface area (Å²) in [4.78, 5) is 0. The molecule has 1 aromatic rings. The minimum atomic E-state index is 0.0916. The summed E-state index contributed by atoms with van der Waals surface area (Å²) in [5.41, 5.74) is 1.89. The fraction of sp³-hybridized carbons (Fsp3) is 0.500. The fourth-order valence-corrected chi connectivity index (χ4v) is 1.34. The van der Waals surface area contributed by atoms with Crippen LogP contribution < -0.4 is 10.4 Å². The van der Waals surface area contributed by atoms with Gasteiger partial charge < -0.3 is 5.32 Å². The van der Waals surface area contributed by atoms with Gasteiger partial charge in [0.05, 0.1) is 11.7 Å². The second-order valence-electron chi connectivity index (χ2n) is 4.28. The van der Waals surface area contributed by atoms with Crippen molar-refractivity contribution < 1.29 is 5.21 Å². The number of benzene rings is 1. The zero-order chi connectivity index (χ0) is 11.4. The Morgan fingerprint density at radius 1 is 1.07 bits per heavy atom. The number of nitrogens with zero attached hydrogens (tertiary/aromatic N) is 1. The number of hydrogen-bond donors (Lipinski definition) is 2. The summed E-state index contributed by atoms with van der Waals surface area (Å²) in [6.45, 7) is 8.08. The third-order valence-corrected chi connectivity index (χ3v) is 2.08. The van der Waals surface area contributed by atoms with Crippen LogP contribution in [-0.2, 0) is 0 Å². The van der Waals surface area contributed by atoms with Gasteiger partial charge in [-0.25, -0.2) is 0 Å². The molecular formula is C12H20N2O. The Kier molecular flexibility index (Phi) is 3.97. The molecule has 15 heavy (non-hydrogen) atoms. The summed E-state index contributed by atoms with van der Waals surface area (Å²) in [6, 6.07) is 8.28. The Balaban J connectivity index is 2.72. The van der Waals surface area contributed by atoms with Crippen LogP contribution in [0.3, 0.4) is 0 Å². The SMILES string of the molecule is CC(C)Nc1ccc(N(O)C(C)C)cc1. The molecule has 3 nitrogen and oxygen atoms in total. The molecule has 2 N–H and O–H groups in total. The van der Waals surface area contributed by atoms with Gasteiger partial charge in [-0.15, -0.1) is 0 Å². The molecule has 0 unspecified atom stereocenters. The lowest BCUT2D eigenvalue weighted by Gasteiger charge is -2.21. The molecule has 84 valence electrons. The maximum absolute atomic E-state index is 9.68. The summed E-state index contributed by atoms with van der Waals surface area (Å²) in [5, 5.41) is 14.2. The Bertz CT molecular complexity index is 293. The van der Waals surface area contributed by atoms with Crippen molar-refractivity contribution in [1.29, 1.82) is 0 Å². The molecule has 0 aliphatic rings. The molecule has 0 aliphatic heterocycles. The van der Waals surface area contributed by atoms with Gasteiger partial charge in [0.15, 0.2) is 0 Å². The van der Waals surface area contributed by atoms with Crippen LogP contribution in [0.2, 0.25) is 0 Å². The molecule has 1 aromatic carbocycles. The van der Waals surface area contributed by atoms with Crippen LogP contribution in [0.1, 0.15) is 27.7 Å². The Labute approximate surface area is 91.7 Å². The highest BCUT2D eigenvalue weighted by Crippen LogP contribution is 2.18. The van der Waals surface area contributed by atoms with Gasteiger partial charge in [-0.2, -0.15) is 0 Å². The number of hydrogen-bond acceptors (Lipinski definition) is 3. The van der Waals surface area contributed by atoms with Crippen molar-refractivity contribution in [2.24, 2.45) is 0 Å². The minimum absolute atomic E-state index is 0.0916. The molecule has 0 saturated carbocycles. The van der Waals surface area contributed by atoms with E-state index in [4.69, 9.17) is 0 Å². The Hall–Kier alpha value is -1.22. The lowest BCUT2D eigenvalue weighted by molar-refractivity contribution is 0.229. The molecule has 0 fully saturated rings. The number of rotatable bonds is 4. The van der Waals surface area contributed by atoms with Gasteiger partial charge in [-0.05, 0) is 52.0 Å². The van der Waals surface area contributed by atoms with E-state index in [0.717, 1.165) is 11.4 Å². The topological polar surface area (TPSA) is 35.5 Å². The second-order valence-corrected chi connectivity index (χ2v) is 4.28. The predicted octanol–water partition coefficient (Wildman–Crippen LogP) is 3.11. The standard InChI is InChI=1S/C12H20N2O/c1-9(2)13-11-5-7-12(8-6-11)14(15)10(3)4/h5-10,13,15H,1-4H3. The van der Waals surface area contributed by atoms with E-state index in [0.29, 0.717) is 6.04 Å². The quantitative estimate of drug-likeness (QED) is 0.746. The van der Waals surface area contributed by atoms with Gasteiger partial charge in [0.1, 0.15) is 0 Å². The van der Waals surface area contributed by atoms with Gasteiger partial charge >= 0.3 is 0 Å². The summed E-state index contributed by atoms with van der Waals surface area (Å²) >= 11 is 0. The zero-order valence-electron chi connectivity index (χ0n) is 9.86. The minimum Gasteiger partial charge on any atom is -0.383 e. The van der Waals surface area contributed by atoms with Crippen molar-refractivity contribution in [2.45, 2.75) is 39.8 Å². The predicted molar refractivity (Wildman–Crippen MR) is 64.6 cm³/mol. The van der Waals surface area contributed by atoms with Crippen molar-refractivity contribution in [1.82, 2.24) is 0 Å². The van der Waals surface area contributed by atoms with Crippen molar-refractivity contribution in [3.63, 3.8) is 0 Å². The maximum Gasteiger partial charge on any atom is 0.0638 e. The fourth-order valence-electron chi connectivity index (χ4n) is 1.34. The first-order valence-electron chi connectivity index (χ1n) is 5.35. The van der Waals surface area contributed by atoms with Crippen LogP contribution in [0, 0.1) is 0 Å². The average Bonchev–Trinajstić information content (AvgIpc) is 2.17. The van der Waals surface area contributed by atoms with Gasteiger partial charge in [0.25, 0.3) is 0 Å². The monoisotopic (exact) mass is 208 g/mol. The van der Waals surface area contributed by atoms with E-state index in [1.807, 2.05) is 38.1 Å². The molecule has 0 spiro atoms. The molecule has 0 radical (unpaired) electrons. The molecule has 0 atom stereocenters. The van der Waals surface area contributed by atoms with Crippen molar-refractivity contribution >= 4 is 11.4 Å². The summed E-state index contributed by atoms with van der Waals surface area (Å²) in [6.07, 6.45) is 0. The van der Waals surface area contributed by atoms with Crippen LogP contribution >= 0.6 is 0 Å². The van der Waals surface area contributed by atoms with E-state index < -0.39 is 0 Å². The molecule has 1 rings (SSSR count). The van der Waals surface area contributed by atoms with Crippen LogP contribution in [0.25, 0.3) is 0 Å². The van der Waals surface area contributed by atoms with E-state index in [2.05, 4.69) is 19.2 Å². The summed E-state index contributed by atoms with van der Waals surface area (Å²) < 4.78 is 0. The zero-order valence-corrected chi connectivity index (χ0v) is 9.86. The average molecular weight is 208 g/mol. The smallest absolute Gasteiger partial charge is 0.0638 e. The lowest BCUT2D eigenvalue weighted by Crippen LogP contribution is -2.26. The van der Waals surface area contributed by atoms with Crippen LogP contribution in [0.4, 0.5) is 11.4 Å². The van der Waals surface area contributed by atoms with Crippen LogP contribution in [-0.4, -0.2) is 17.3 Å². The van der Waals surface area contributed by atoms with E-state index >= 15 is 0 Å². The second kappa shape index (κ2) is 5.03. The molecule has 0 saturated heterocycles. The molecule has 0 aliphatic carbocycles. The molecule has 3 heteroatoms. The first-order chi connectivity index (χ1) is 7.00. The Morgan fingerprint density at radius 2 is 1.60 bits per heavy atom. The van der Waals surface area contributed by atoms with Gasteiger partial charge in [0, 0.05) is 11.7 Å². The largest absolute Gasteiger partial charge is 0.383 e. The van der Waals surface area contributed by atoms with Crippen molar-refractivity contribution in [3.05, 3.63) is 24.3 Å². The summed E-state index contributed by atoms with van der Waals surface area (Å²) in [5.74, 6) is 0. The third-order valence-electron chi connectivity index (χ3n) is 2.08. The van der Waals surface area contributed by atoms with E-state index in [9.17, 15) is 5.21 Å². The van der Waals surface area contributed by atoms with Gasteiger partial charge in [-0.1, -0.05) is 0 Å². The molecule has 0 amide bonds. The lowest BCUT2D eigenvalue weighted by atomic mass is 10.2. The Morgan fingerprint density at radius 3 is 2.00 bits per heavy atom. The van der Waals surface area contributed by atoms with Gasteiger partial charge in [-0.3, -0.25) is 10.3 Å². The molecule has 0 heterocycles. The van der Waals surface area contributed by atoms with E-state index in [1.54, 1.807) is 0 Å². The van der Waals surface area contributed by atoms with Crippen LogP contribution in [0.15, 0.2) is 24.3 Å². The molecule has 0 bridgehead atoms. The normalized spacial score (nSPS) is 10.9. The maximum atomic E-state index is 9.68. The van der Waals surface area contributed by atoms with Crippen molar-refractivity contribution in [3.8, 4) is 0 Å². The van der Waals surface area contributed by atoms with Crippen LogP contribution in [0.5, 0.6) is 0 Å². The third kappa shape index (κ3) is 3.44. The molecular weight excluding hydrogens is 188 g/mol. The first kappa shape index (κ1) is 11.9. The molecule has 0 aromatic heterocycles. The number of nitrogens with one attached hydrogen (secondary N) is 1. The van der Waals surface area contributed by atoms with E-state index in [1.165, 1.54) is 5.06 Å². The highest BCUT2D eigenvalue weighted by atomic mass is 16.5. The highest BCUT2D eigenvalue weighted by Gasteiger charge is 2.06. The number of anilines is 2. The highest BCUT2D eigenvalue weighted by molar-refractivity contribution is 5.54.